The third kappa shape index (κ3) is 5.80. The third-order valence-corrected chi connectivity index (χ3v) is 8.19. The number of nitrogens with zero attached hydrogens (tertiary/aromatic N) is 2. The van der Waals surface area contributed by atoms with E-state index in [0.29, 0.717) is 26.4 Å². The highest BCUT2D eigenvalue weighted by molar-refractivity contribution is 14.1. The van der Waals surface area contributed by atoms with Crippen LogP contribution in [0.15, 0.2) is 57.5 Å². The molecule has 3 aromatic rings. The molecule has 10 heteroatoms. The summed E-state index contributed by atoms with van der Waals surface area (Å²) in [4.78, 5) is 32.0. The van der Waals surface area contributed by atoms with Crippen molar-refractivity contribution in [3.63, 3.8) is 0 Å². The summed E-state index contributed by atoms with van der Waals surface area (Å²) in [6.45, 7) is 7.68. The lowest BCUT2D eigenvalue weighted by Crippen LogP contribution is -2.39. The van der Waals surface area contributed by atoms with E-state index in [0.717, 1.165) is 24.0 Å². The largest absolute Gasteiger partial charge is 0.495 e. The molecule has 0 unspecified atom stereocenters. The van der Waals surface area contributed by atoms with Gasteiger partial charge in [0.05, 0.1) is 48.8 Å². The van der Waals surface area contributed by atoms with Crippen molar-refractivity contribution in [1.82, 2.24) is 4.57 Å². The normalized spacial score (nSPS) is 15.5. The van der Waals surface area contributed by atoms with Crippen LogP contribution in [0.5, 0.6) is 11.5 Å². The fourth-order valence-corrected chi connectivity index (χ4v) is 7.42. The van der Waals surface area contributed by atoms with Gasteiger partial charge in [-0.2, -0.15) is 0 Å². The Hall–Kier alpha value is -2.19. The second kappa shape index (κ2) is 11.7. The molecule has 1 aromatic heterocycles. The van der Waals surface area contributed by atoms with Crippen LogP contribution in [0.2, 0.25) is 0 Å². The topological polar surface area (TPSA) is 79.1 Å². The van der Waals surface area contributed by atoms with Gasteiger partial charge >= 0.3 is 5.97 Å². The van der Waals surface area contributed by atoms with E-state index < -0.39 is 12.0 Å². The van der Waals surface area contributed by atoms with Crippen LogP contribution in [-0.4, -0.2) is 30.4 Å². The molecule has 2 aromatic carbocycles. The maximum atomic E-state index is 13.8. The molecule has 4 rings (SSSR count). The Morgan fingerprint density at radius 1 is 1.19 bits per heavy atom. The van der Waals surface area contributed by atoms with Crippen LogP contribution in [0.4, 0.5) is 0 Å². The Kier molecular flexibility index (Phi) is 8.79. The average Bonchev–Trinajstić information content (AvgIpc) is 3.12. The minimum atomic E-state index is -0.665. The number of fused-ring (bicyclic) bond motifs is 1. The molecule has 0 fully saturated rings. The van der Waals surface area contributed by atoms with Gasteiger partial charge in [0.1, 0.15) is 11.5 Å². The monoisotopic (exact) mass is 744 g/mol. The van der Waals surface area contributed by atoms with Crippen LogP contribution >= 0.6 is 56.5 Å². The van der Waals surface area contributed by atoms with Crippen molar-refractivity contribution in [2.45, 2.75) is 39.8 Å². The van der Waals surface area contributed by atoms with Gasteiger partial charge < -0.3 is 14.2 Å². The number of benzene rings is 2. The average molecular weight is 744 g/mol. The number of halogens is 2. The van der Waals surface area contributed by atoms with Gasteiger partial charge in [0.2, 0.25) is 0 Å². The minimum Gasteiger partial charge on any atom is -0.495 e. The molecule has 0 saturated heterocycles. The van der Waals surface area contributed by atoms with E-state index in [-0.39, 0.29) is 18.3 Å². The van der Waals surface area contributed by atoms with Crippen LogP contribution in [0.1, 0.15) is 44.9 Å². The second-order valence-corrected chi connectivity index (χ2v) is 11.9. The molecular weight excluding hydrogens is 718 g/mol. The fraction of sp³-hybridized carbons (Fsp3) is 0.296. The van der Waals surface area contributed by atoms with Gasteiger partial charge in [0.25, 0.3) is 5.56 Å². The van der Waals surface area contributed by atoms with Crippen LogP contribution in [-0.2, 0) is 9.53 Å². The number of aromatic nitrogens is 1. The predicted molar refractivity (Wildman–Crippen MR) is 161 cm³/mol. The number of carbonyl (C=O) groups excluding carboxylic acids is 1. The quantitative estimate of drug-likeness (QED) is 0.257. The number of hydrogen-bond acceptors (Lipinski definition) is 7. The minimum absolute atomic E-state index is 0.0323. The molecule has 194 valence electrons. The Morgan fingerprint density at radius 3 is 2.41 bits per heavy atom. The summed E-state index contributed by atoms with van der Waals surface area (Å²) in [5.74, 6) is 1.04. The van der Waals surface area contributed by atoms with Crippen molar-refractivity contribution in [2.24, 2.45) is 4.99 Å². The molecule has 0 N–H and O–H groups in total. The molecular formula is C27H26I2N2O5S. The van der Waals surface area contributed by atoms with Crippen LogP contribution < -0.4 is 24.4 Å². The van der Waals surface area contributed by atoms with E-state index in [9.17, 15) is 9.59 Å². The number of thiazole rings is 1. The molecule has 0 bridgehead atoms. The van der Waals surface area contributed by atoms with Crippen molar-refractivity contribution in [3.05, 3.63) is 85.6 Å². The second-order valence-electron chi connectivity index (χ2n) is 8.56. The van der Waals surface area contributed by atoms with Crippen molar-refractivity contribution >= 4 is 68.6 Å². The molecule has 2 heterocycles. The highest BCUT2D eigenvalue weighted by Crippen LogP contribution is 2.32. The van der Waals surface area contributed by atoms with Gasteiger partial charge in [-0.05, 0) is 114 Å². The number of ether oxygens (including phenoxy) is 3. The van der Waals surface area contributed by atoms with Crippen molar-refractivity contribution in [2.75, 3.05) is 13.7 Å². The molecule has 37 heavy (non-hydrogen) atoms. The summed E-state index contributed by atoms with van der Waals surface area (Å²) in [7, 11) is 1.64. The van der Waals surface area contributed by atoms with Crippen molar-refractivity contribution in [3.8, 4) is 11.5 Å². The lowest BCUT2D eigenvalue weighted by Gasteiger charge is -2.25. The van der Waals surface area contributed by atoms with Gasteiger partial charge in [-0.15, -0.1) is 0 Å². The number of carbonyl (C=O) groups is 1. The zero-order chi connectivity index (χ0) is 26.9. The first-order valence-electron chi connectivity index (χ1n) is 11.6. The molecule has 1 atom stereocenters. The Bertz CT molecular complexity index is 1530. The summed E-state index contributed by atoms with van der Waals surface area (Å²) in [6.07, 6.45) is 1.89. The van der Waals surface area contributed by atoms with E-state index in [1.807, 2.05) is 56.3 Å². The standard InChI is InChI=1S/C27H26I2N2O5S/c1-6-35-26(33)22-15(4)30-27-31(23(22)17-7-9-18(10-8-17)36-14(2)3)25(32)21(37-27)13-16-11-19(28)24(34-5)20(29)12-16/h7-14,23H,6H2,1-5H3/b21-13-/t23-/m1/s1. The summed E-state index contributed by atoms with van der Waals surface area (Å²) in [6, 6.07) is 10.7. The lowest BCUT2D eigenvalue weighted by molar-refractivity contribution is -0.139. The number of rotatable bonds is 7. The van der Waals surface area contributed by atoms with Crippen LogP contribution in [0, 0.1) is 7.14 Å². The summed E-state index contributed by atoms with van der Waals surface area (Å²) in [5, 5.41) is 0. The van der Waals surface area contributed by atoms with Gasteiger partial charge in [0, 0.05) is 0 Å². The molecule has 0 aliphatic carbocycles. The third-order valence-electron chi connectivity index (χ3n) is 5.61. The van der Waals surface area contributed by atoms with Crippen molar-refractivity contribution < 1.29 is 19.0 Å². The SMILES string of the molecule is CCOC(=O)C1=C(C)N=c2s/c(=C\c3cc(I)c(OC)c(I)c3)c(=O)n2[C@@H]1c1ccc(OC(C)C)cc1. The lowest BCUT2D eigenvalue weighted by atomic mass is 9.96. The molecule has 0 saturated carbocycles. The maximum absolute atomic E-state index is 13.8. The Morgan fingerprint density at radius 2 is 1.84 bits per heavy atom. The van der Waals surface area contributed by atoms with Crippen molar-refractivity contribution in [1.29, 1.82) is 0 Å². The van der Waals surface area contributed by atoms with Gasteiger partial charge in [-0.3, -0.25) is 9.36 Å². The van der Waals surface area contributed by atoms with E-state index >= 15 is 0 Å². The number of allylic oxidation sites excluding steroid dienone is 1. The molecule has 0 spiro atoms. The Labute approximate surface area is 246 Å². The highest BCUT2D eigenvalue weighted by atomic mass is 127. The van der Waals surface area contributed by atoms with Gasteiger partial charge in [0.15, 0.2) is 4.80 Å². The number of methoxy groups -OCH3 is 1. The zero-order valence-corrected chi connectivity index (χ0v) is 26.1. The number of hydrogen-bond donors (Lipinski definition) is 0. The predicted octanol–water partition coefficient (Wildman–Crippen LogP) is 4.80. The maximum Gasteiger partial charge on any atom is 0.338 e. The Balaban J connectivity index is 1.90. The van der Waals surface area contributed by atoms with E-state index in [4.69, 9.17) is 14.2 Å². The van der Waals surface area contributed by atoms with Gasteiger partial charge in [-0.25, -0.2) is 9.79 Å². The van der Waals surface area contributed by atoms with E-state index in [2.05, 4.69) is 50.2 Å². The smallest absolute Gasteiger partial charge is 0.338 e. The van der Waals surface area contributed by atoms with Crippen LogP contribution in [0.3, 0.4) is 0 Å². The van der Waals surface area contributed by atoms with Gasteiger partial charge in [-0.1, -0.05) is 23.5 Å². The fourth-order valence-electron chi connectivity index (χ4n) is 4.12. The molecule has 0 radical (unpaired) electrons. The zero-order valence-electron chi connectivity index (χ0n) is 21.0. The van der Waals surface area contributed by atoms with E-state index in [1.54, 1.807) is 25.5 Å². The molecule has 1 aliphatic heterocycles. The summed E-state index contributed by atoms with van der Waals surface area (Å²) in [5.41, 5.74) is 2.33. The summed E-state index contributed by atoms with van der Waals surface area (Å²) < 4.78 is 20.6. The first kappa shape index (κ1) is 27.8. The van der Waals surface area contributed by atoms with Crippen LogP contribution in [0.25, 0.3) is 6.08 Å². The number of esters is 1. The first-order chi connectivity index (χ1) is 17.6. The molecule has 7 nitrogen and oxygen atoms in total. The van der Waals surface area contributed by atoms with E-state index in [1.165, 1.54) is 11.3 Å². The summed E-state index contributed by atoms with van der Waals surface area (Å²) >= 11 is 5.75. The first-order valence-corrected chi connectivity index (χ1v) is 14.6. The molecule has 0 amide bonds. The highest BCUT2D eigenvalue weighted by Gasteiger charge is 2.33. The molecule has 1 aliphatic rings.